The van der Waals surface area contributed by atoms with Gasteiger partial charge in [-0.25, -0.2) is 9.98 Å². The van der Waals surface area contributed by atoms with E-state index in [9.17, 15) is 0 Å². The van der Waals surface area contributed by atoms with Crippen molar-refractivity contribution in [3.8, 4) is 5.75 Å². The van der Waals surface area contributed by atoms with Crippen LogP contribution in [0.3, 0.4) is 0 Å². The summed E-state index contributed by atoms with van der Waals surface area (Å²) in [5.41, 5.74) is 13.4. The molecule has 0 radical (unpaired) electrons. The Morgan fingerprint density at radius 3 is 2.44 bits per heavy atom. The van der Waals surface area contributed by atoms with Crippen LogP contribution in [0.4, 0.5) is 0 Å². The molecule has 0 saturated carbocycles. The summed E-state index contributed by atoms with van der Waals surface area (Å²) in [6, 6.07) is 19.7. The summed E-state index contributed by atoms with van der Waals surface area (Å²) in [4.78, 5) is 9.04. The normalized spacial score (nSPS) is 21.7. The van der Waals surface area contributed by atoms with E-state index in [2.05, 4.69) is 34.7 Å². The summed E-state index contributed by atoms with van der Waals surface area (Å²) in [5.74, 6) is 0.465. The quantitative estimate of drug-likeness (QED) is 0.600. The van der Waals surface area contributed by atoms with E-state index in [0.717, 1.165) is 17.7 Å². The van der Waals surface area contributed by atoms with Gasteiger partial charge in [0.05, 0.1) is 12.6 Å². The molecule has 0 aromatic heterocycles. The molecular weight excluding hydrogens is 340 g/mol. The van der Waals surface area contributed by atoms with Gasteiger partial charge in [-0.15, -0.1) is 0 Å². The monoisotopic (exact) mass is 366 g/mol. The molecule has 0 fully saturated rings. The average molecular weight is 366 g/mol. The molecule has 7 nitrogen and oxygen atoms in total. The van der Waals surface area contributed by atoms with Gasteiger partial charge in [-0.2, -0.15) is 0 Å². The number of nitrogens with one attached hydrogen (secondary N) is 2. The first-order valence-corrected chi connectivity index (χ1v) is 9.08. The first-order chi connectivity index (χ1) is 13.1. The van der Waals surface area contributed by atoms with E-state index < -0.39 is 5.79 Å². The number of nitrogens with zero attached hydrogens (tertiary/aromatic N) is 2. The second kappa shape index (κ2) is 8.55. The molecule has 142 valence electrons. The van der Waals surface area contributed by atoms with E-state index in [1.165, 1.54) is 0 Å². The predicted octanol–water partition coefficient (Wildman–Crippen LogP) is 2.08. The SMILES string of the molecule is CC[C@H](N=C1NC(N)=NC(N)(CCOc2ccccc2)N1)c1ccccc1. The molecule has 1 aliphatic rings. The van der Waals surface area contributed by atoms with E-state index >= 15 is 0 Å². The van der Waals surface area contributed by atoms with E-state index in [1.807, 2.05) is 48.5 Å². The van der Waals surface area contributed by atoms with Gasteiger partial charge in [0.25, 0.3) is 0 Å². The molecule has 0 bridgehead atoms. The van der Waals surface area contributed by atoms with Gasteiger partial charge >= 0.3 is 0 Å². The van der Waals surface area contributed by atoms with Crippen LogP contribution in [0.2, 0.25) is 0 Å². The van der Waals surface area contributed by atoms with E-state index in [0.29, 0.717) is 19.0 Å². The number of nitrogens with two attached hydrogens (primary N) is 2. The Morgan fingerprint density at radius 1 is 1.11 bits per heavy atom. The molecule has 1 aliphatic heterocycles. The Balaban J connectivity index is 1.67. The molecule has 0 saturated heterocycles. The Morgan fingerprint density at radius 2 is 1.78 bits per heavy atom. The van der Waals surface area contributed by atoms with Crippen molar-refractivity contribution in [1.29, 1.82) is 0 Å². The molecule has 2 atom stereocenters. The minimum Gasteiger partial charge on any atom is -0.493 e. The number of ether oxygens (including phenoxy) is 1. The summed E-state index contributed by atoms with van der Waals surface area (Å²) < 4.78 is 5.73. The van der Waals surface area contributed by atoms with Crippen LogP contribution < -0.4 is 26.8 Å². The fourth-order valence-corrected chi connectivity index (χ4v) is 2.89. The summed E-state index contributed by atoms with van der Waals surface area (Å²) in [6.07, 6.45) is 1.29. The highest BCUT2D eigenvalue weighted by Gasteiger charge is 2.30. The highest BCUT2D eigenvalue weighted by Crippen LogP contribution is 2.21. The van der Waals surface area contributed by atoms with Crippen molar-refractivity contribution >= 4 is 11.9 Å². The summed E-state index contributed by atoms with van der Waals surface area (Å²) in [5, 5.41) is 6.11. The number of benzene rings is 2. The largest absolute Gasteiger partial charge is 0.493 e. The maximum atomic E-state index is 6.38. The molecule has 0 amide bonds. The molecule has 1 heterocycles. The van der Waals surface area contributed by atoms with E-state index in [1.54, 1.807) is 0 Å². The second-order valence-electron chi connectivity index (χ2n) is 6.40. The van der Waals surface area contributed by atoms with Crippen molar-refractivity contribution in [1.82, 2.24) is 10.6 Å². The van der Waals surface area contributed by atoms with Gasteiger partial charge in [0.1, 0.15) is 5.75 Å². The van der Waals surface area contributed by atoms with Crippen molar-refractivity contribution < 1.29 is 4.74 Å². The predicted molar refractivity (Wildman–Crippen MR) is 108 cm³/mol. The fraction of sp³-hybridized carbons (Fsp3) is 0.300. The minimum atomic E-state index is -1.07. The smallest absolute Gasteiger partial charge is 0.201 e. The lowest BCUT2D eigenvalue weighted by atomic mass is 10.1. The van der Waals surface area contributed by atoms with Gasteiger partial charge in [-0.3, -0.25) is 11.1 Å². The number of hydrogen-bond donors (Lipinski definition) is 4. The molecule has 3 rings (SSSR count). The van der Waals surface area contributed by atoms with Crippen LogP contribution in [0.1, 0.15) is 31.4 Å². The zero-order valence-electron chi connectivity index (χ0n) is 15.4. The molecule has 0 aliphatic carbocycles. The molecule has 1 unspecified atom stereocenters. The second-order valence-corrected chi connectivity index (χ2v) is 6.40. The van der Waals surface area contributed by atoms with Crippen LogP contribution in [-0.2, 0) is 0 Å². The molecule has 0 spiro atoms. The third-order valence-electron chi connectivity index (χ3n) is 4.25. The van der Waals surface area contributed by atoms with Crippen LogP contribution in [0, 0.1) is 0 Å². The maximum absolute atomic E-state index is 6.38. The summed E-state index contributed by atoms with van der Waals surface area (Å²) in [6.45, 7) is 2.48. The van der Waals surface area contributed by atoms with Gasteiger partial charge in [0, 0.05) is 6.42 Å². The van der Waals surface area contributed by atoms with Crippen LogP contribution in [0.25, 0.3) is 0 Å². The number of guanidine groups is 2. The fourth-order valence-electron chi connectivity index (χ4n) is 2.89. The first kappa shape index (κ1) is 18.7. The highest BCUT2D eigenvalue weighted by molar-refractivity contribution is 6.00. The van der Waals surface area contributed by atoms with Gasteiger partial charge in [-0.1, -0.05) is 55.5 Å². The average Bonchev–Trinajstić information content (AvgIpc) is 2.67. The zero-order chi connectivity index (χ0) is 19.1. The lowest BCUT2D eigenvalue weighted by Crippen LogP contribution is -2.65. The number of para-hydroxylation sites is 1. The van der Waals surface area contributed by atoms with Crippen LogP contribution in [0.15, 0.2) is 70.6 Å². The molecule has 6 N–H and O–H groups in total. The number of rotatable bonds is 7. The van der Waals surface area contributed by atoms with Crippen LogP contribution in [0.5, 0.6) is 5.75 Å². The van der Waals surface area contributed by atoms with Gasteiger partial charge in [0.2, 0.25) is 5.96 Å². The minimum absolute atomic E-state index is 0.00285. The lowest BCUT2D eigenvalue weighted by molar-refractivity contribution is 0.247. The van der Waals surface area contributed by atoms with E-state index in [4.69, 9.17) is 21.2 Å². The van der Waals surface area contributed by atoms with Crippen molar-refractivity contribution in [2.24, 2.45) is 21.5 Å². The topological polar surface area (TPSA) is 110 Å². The van der Waals surface area contributed by atoms with Crippen LogP contribution in [-0.4, -0.2) is 24.3 Å². The summed E-state index contributed by atoms with van der Waals surface area (Å²) >= 11 is 0. The Bertz CT molecular complexity index is 793. The molecule has 2 aromatic rings. The van der Waals surface area contributed by atoms with E-state index in [-0.39, 0.29) is 12.0 Å². The maximum Gasteiger partial charge on any atom is 0.201 e. The first-order valence-electron chi connectivity index (χ1n) is 9.08. The Labute approximate surface area is 159 Å². The van der Waals surface area contributed by atoms with Gasteiger partial charge < -0.3 is 15.8 Å². The molecular formula is C20H26N6O. The van der Waals surface area contributed by atoms with Crippen molar-refractivity contribution in [3.05, 3.63) is 66.2 Å². The van der Waals surface area contributed by atoms with Gasteiger partial charge in [-0.05, 0) is 24.1 Å². The third kappa shape index (κ3) is 5.21. The number of aliphatic imine (C=N–C) groups is 2. The van der Waals surface area contributed by atoms with Gasteiger partial charge in [0.15, 0.2) is 11.7 Å². The molecule has 2 aromatic carbocycles. The molecule has 7 heteroatoms. The number of hydrogen-bond acceptors (Lipinski definition) is 5. The summed E-state index contributed by atoms with van der Waals surface area (Å²) in [7, 11) is 0. The standard InChI is InChI=1S/C20H26N6O/c1-2-17(15-9-5-3-6-10-15)23-19-24-18(21)25-20(22,26-19)13-14-27-16-11-7-4-8-12-16/h3-12,17H,2,13-14,22H2,1H3,(H4,21,23,24,25,26)/t17-,20?/m0/s1. The molecule has 27 heavy (non-hydrogen) atoms. The van der Waals surface area contributed by atoms with Crippen molar-refractivity contribution in [2.75, 3.05) is 6.61 Å². The Hall–Kier alpha value is -3.06. The lowest BCUT2D eigenvalue weighted by Gasteiger charge is -2.33. The highest BCUT2D eigenvalue weighted by atomic mass is 16.5. The third-order valence-corrected chi connectivity index (χ3v) is 4.25. The van der Waals surface area contributed by atoms with Crippen molar-refractivity contribution in [2.45, 2.75) is 31.6 Å². The Kier molecular flexibility index (Phi) is 5.93. The zero-order valence-corrected chi connectivity index (χ0v) is 15.4. The van der Waals surface area contributed by atoms with Crippen LogP contribution >= 0.6 is 0 Å². The van der Waals surface area contributed by atoms with Crippen molar-refractivity contribution in [3.63, 3.8) is 0 Å².